The van der Waals surface area contributed by atoms with Crippen LogP contribution < -0.4 is 0 Å². The number of rotatable bonds is 2. The molecule has 0 amide bonds. The first kappa shape index (κ1) is 11.8. The van der Waals surface area contributed by atoms with Crippen molar-refractivity contribution < 1.29 is 9.63 Å². The van der Waals surface area contributed by atoms with Gasteiger partial charge in [0.1, 0.15) is 6.29 Å². The summed E-state index contributed by atoms with van der Waals surface area (Å²) >= 11 is 0. The molecule has 0 heterocycles. The van der Waals surface area contributed by atoms with Crippen LogP contribution >= 0.6 is 0 Å². The van der Waals surface area contributed by atoms with E-state index in [2.05, 4.69) is 4.84 Å². The molecule has 0 saturated carbocycles. The van der Waals surface area contributed by atoms with Crippen molar-refractivity contribution in [2.45, 2.75) is 0 Å². The van der Waals surface area contributed by atoms with Gasteiger partial charge in [0.15, 0.2) is 0 Å². The van der Waals surface area contributed by atoms with Crippen molar-refractivity contribution in [2.24, 2.45) is 0 Å². The summed E-state index contributed by atoms with van der Waals surface area (Å²) in [5.41, 5.74) is 0.729. The molecule has 0 spiro atoms. The van der Waals surface area contributed by atoms with Crippen molar-refractivity contribution in [1.29, 1.82) is 0 Å². The normalized spacial score (nSPS) is 8.92. The van der Waals surface area contributed by atoms with Crippen LogP contribution in [0.3, 0.4) is 0 Å². The fourth-order valence-electron chi connectivity index (χ4n) is 0.532. The van der Waals surface area contributed by atoms with Gasteiger partial charge in [-0.1, -0.05) is 30.3 Å². The predicted octanol–water partition coefficient (Wildman–Crippen LogP) is 1.61. The first-order chi connectivity index (χ1) is 6.20. The van der Waals surface area contributed by atoms with E-state index in [1.807, 2.05) is 32.3 Å². The highest BCUT2D eigenvalue weighted by atomic mass is 16.7. The summed E-state index contributed by atoms with van der Waals surface area (Å²) in [7, 11) is 5.29. The van der Waals surface area contributed by atoms with Gasteiger partial charge in [0, 0.05) is 19.7 Å². The van der Waals surface area contributed by atoms with Crippen LogP contribution in [0.5, 0.6) is 0 Å². The highest BCUT2D eigenvalue weighted by molar-refractivity contribution is 5.74. The van der Waals surface area contributed by atoms with E-state index in [9.17, 15) is 4.79 Å². The Hall–Kier alpha value is -1.19. The molecule has 0 bridgehead atoms. The molecule has 0 fully saturated rings. The van der Waals surface area contributed by atoms with Gasteiger partial charge in [0.25, 0.3) is 0 Å². The maximum Gasteiger partial charge on any atom is 0.150 e. The lowest BCUT2D eigenvalue weighted by Gasteiger charge is -2.01. The number of benzene rings is 1. The molecule has 1 aromatic carbocycles. The number of aldehydes is 1. The minimum atomic E-state index is 0.729. The van der Waals surface area contributed by atoms with E-state index in [0.29, 0.717) is 0 Å². The Balaban J connectivity index is 0.000000252. The number of carbonyl (C=O) groups is 1. The average molecular weight is 181 g/mol. The standard InChI is InChI=1S/C7H6O.C3H9NO/c8-6-7-4-2-1-3-5-7;1-4(2)5-3/h1-6H;1-3H3. The molecule has 0 atom stereocenters. The third-order valence-electron chi connectivity index (χ3n) is 1.30. The van der Waals surface area contributed by atoms with Crippen LogP contribution in [0.4, 0.5) is 0 Å². The van der Waals surface area contributed by atoms with Gasteiger partial charge in [-0.25, -0.2) is 0 Å². The smallest absolute Gasteiger partial charge is 0.150 e. The van der Waals surface area contributed by atoms with Crippen molar-refractivity contribution in [3.8, 4) is 0 Å². The Morgan fingerprint density at radius 3 is 1.92 bits per heavy atom. The van der Waals surface area contributed by atoms with Crippen LogP contribution in [0.15, 0.2) is 30.3 Å². The maximum absolute atomic E-state index is 10.0. The summed E-state index contributed by atoms with van der Waals surface area (Å²) in [4.78, 5) is 14.6. The van der Waals surface area contributed by atoms with Crippen molar-refractivity contribution in [3.05, 3.63) is 35.9 Å². The number of nitrogens with zero attached hydrogens (tertiary/aromatic N) is 1. The van der Waals surface area contributed by atoms with Gasteiger partial charge >= 0.3 is 0 Å². The molecule has 0 aromatic heterocycles. The Morgan fingerprint density at radius 1 is 1.23 bits per heavy atom. The van der Waals surface area contributed by atoms with Crippen LogP contribution in [-0.4, -0.2) is 32.6 Å². The number of hydrogen-bond donors (Lipinski definition) is 0. The van der Waals surface area contributed by atoms with E-state index < -0.39 is 0 Å². The number of hydroxylamine groups is 2. The van der Waals surface area contributed by atoms with Crippen molar-refractivity contribution in [1.82, 2.24) is 5.06 Å². The SMILES string of the molecule is CON(C)C.O=Cc1ccccc1. The molecule has 0 aliphatic heterocycles. The van der Waals surface area contributed by atoms with E-state index in [1.165, 1.54) is 0 Å². The number of carbonyl (C=O) groups excluding carboxylic acids is 1. The molecule has 3 heteroatoms. The fraction of sp³-hybridized carbons (Fsp3) is 0.300. The summed E-state index contributed by atoms with van der Waals surface area (Å²) in [6.07, 6.45) is 0.833. The van der Waals surface area contributed by atoms with E-state index in [4.69, 9.17) is 0 Å². The summed E-state index contributed by atoms with van der Waals surface area (Å²) in [6.45, 7) is 0. The molecular formula is C10H15NO2. The minimum absolute atomic E-state index is 0.729. The van der Waals surface area contributed by atoms with Gasteiger partial charge in [-0.2, -0.15) is 5.06 Å². The molecule has 72 valence electrons. The van der Waals surface area contributed by atoms with Gasteiger partial charge < -0.3 is 4.84 Å². The number of hydrogen-bond acceptors (Lipinski definition) is 3. The predicted molar refractivity (Wildman–Crippen MR) is 52.5 cm³/mol. The highest BCUT2D eigenvalue weighted by Crippen LogP contribution is 1.91. The quantitative estimate of drug-likeness (QED) is 0.513. The minimum Gasteiger partial charge on any atom is -0.303 e. The van der Waals surface area contributed by atoms with Gasteiger partial charge in [-0.15, -0.1) is 0 Å². The average Bonchev–Trinajstić information content (AvgIpc) is 2.20. The van der Waals surface area contributed by atoms with Crippen LogP contribution in [0.1, 0.15) is 10.4 Å². The maximum atomic E-state index is 10.0. The van der Waals surface area contributed by atoms with Crippen LogP contribution in [0.25, 0.3) is 0 Å². The lowest BCUT2D eigenvalue weighted by Crippen LogP contribution is -2.07. The van der Waals surface area contributed by atoms with Gasteiger partial charge in [-0.05, 0) is 0 Å². The molecule has 0 radical (unpaired) electrons. The topological polar surface area (TPSA) is 29.5 Å². The molecule has 0 unspecified atom stereocenters. The lowest BCUT2D eigenvalue weighted by atomic mass is 10.2. The van der Waals surface area contributed by atoms with Crippen molar-refractivity contribution >= 4 is 6.29 Å². The Morgan fingerprint density at radius 2 is 1.69 bits per heavy atom. The first-order valence-electron chi connectivity index (χ1n) is 3.92. The van der Waals surface area contributed by atoms with Crippen molar-refractivity contribution in [2.75, 3.05) is 21.2 Å². The van der Waals surface area contributed by atoms with E-state index in [1.54, 1.807) is 24.3 Å². The summed E-state index contributed by atoms with van der Waals surface area (Å²) in [5, 5.41) is 1.62. The zero-order valence-electron chi connectivity index (χ0n) is 8.23. The summed E-state index contributed by atoms with van der Waals surface area (Å²) in [6, 6.07) is 9.10. The molecule has 0 aliphatic carbocycles. The van der Waals surface area contributed by atoms with Gasteiger partial charge in [0.05, 0.1) is 7.11 Å². The van der Waals surface area contributed by atoms with Crippen LogP contribution in [-0.2, 0) is 4.84 Å². The first-order valence-corrected chi connectivity index (χ1v) is 3.92. The molecule has 1 rings (SSSR count). The summed E-state index contributed by atoms with van der Waals surface area (Å²) in [5.74, 6) is 0. The molecule has 0 N–H and O–H groups in total. The van der Waals surface area contributed by atoms with E-state index in [-0.39, 0.29) is 0 Å². The van der Waals surface area contributed by atoms with Gasteiger partial charge in [0.2, 0.25) is 0 Å². The molecular weight excluding hydrogens is 166 g/mol. The Kier molecular flexibility index (Phi) is 6.78. The van der Waals surface area contributed by atoms with Gasteiger partial charge in [-0.3, -0.25) is 4.79 Å². The second-order valence-electron chi connectivity index (χ2n) is 2.52. The molecule has 1 aromatic rings. The van der Waals surface area contributed by atoms with Crippen LogP contribution in [0.2, 0.25) is 0 Å². The van der Waals surface area contributed by atoms with E-state index >= 15 is 0 Å². The molecule has 0 aliphatic rings. The van der Waals surface area contributed by atoms with Crippen LogP contribution in [0, 0.1) is 0 Å². The monoisotopic (exact) mass is 181 g/mol. The molecule has 3 nitrogen and oxygen atoms in total. The molecule has 0 saturated heterocycles. The van der Waals surface area contributed by atoms with Crippen molar-refractivity contribution in [3.63, 3.8) is 0 Å². The largest absolute Gasteiger partial charge is 0.303 e. The third-order valence-corrected chi connectivity index (χ3v) is 1.30. The Bertz CT molecular complexity index is 222. The second kappa shape index (κ2) is 7.46. The lowest BCUT2D eigenvalue weighted by molar-refractivity contribution is -0.0855. The third kappa shape index (κ3) is 7.18. The summed E-state index contributed by atoms with van der Waals surface area (Å²) < 4.78 is 0. The Labute approximate surface area is 78.9 Å². The second-order valence-corrected chi connectivity index (χ2v) is 2.52. The highest BCUT2D eigenvalue weighted by Gasteiger charge is 1.80. The zero-order chi connectivity index (χ0) is 10.1. The zero-order valence-corrected chi connectivity index (χ0v) is 8.23. The molecule has 13 heavy (non-hydrogen) atoms. The van der Waals surface area contributed by atoms with E-state index in [0.717, 1.165) is 11.8 Å². The fourth-order valence-corrected chi connectivity index (χ4v) is 0.532.